The first-order chi connectivity index (χ1) is 12.8. The molecule has 0 aromatic heterocycles. The van der Waals surface area contributed by atoms with E-state index in [9.17, 15) is 12.8 Å². The van der Waals surface area contributed by atoms with Gasteiger partial charge in [0.15, 0.2) is 11.6 Å². The van der Waals surface area contributed by atoms with Crippen molar-refractivity contribution >= 4 is 10.0 Å². The number of benzene rings is 2. The Labute approximate surface area is 159 Å². The molecule has 7 heteroatoms. The van der Waals surface area contributed by atoms with Crippen LogP contribution in [0, 0.1) is 5.82 Å². The fraction of sp³-hybridized carbons (Fsp3) is 0.400. The lowest BCUT2D eigenvalue weighted by Gasteiger charge is -2.41. The second-order valence-corrected chi connectivity index (χ2v) is 8.42. The summed E-state index contributed by atoms with van der Waals surface area (Å²) in [6.45, 7) is 4.06. The monoisotopic (exact) mass is 393 g/mol. The molecule has 0 radical (unpaired) electrons. The summed E-state index contributed by atoms with van der Waals surface area (Å²) in [6.07, 6.45) is 2.02. The zero-order valence-corrected chi connectivity index (χ0v) is 16.5. The van der Waals surface area contributed by atoms with Crippen LogP contribution in [-0.2, 0) is 10.0 Å². The van der Waals surface area contributed by atoms with E-state index in [-0.39, 0.29) is 10.6 Å². The van der Waals surface area contributed by atoms with Crippen molar-refractivity contribution in [1.29, 1.82) is 0 Å². The van der Waals surface area contributed by atoms with Gasteiger partial charge in [-0.25, -0.2) is 17.5 Å². The van der Waals surface area contributed by atoms with E-state index in [1.165, 1.54) is 19.2 Å². The number of hydrogen-bond donors (Lipinski definition) is 1. The van der Waals surface area contributed by atoms with Crippen molar-refractivity contribution < 1.29 is 22.3 Å². The fourth-order valence-corrected chi connectivity index (χ4v) is 4.70. The molecular formula is C20H24FNO4S. The zero-order chi connectivity index (χ0) is 19.7. The first kappa shape index (κ1) is 19.6. The minimum absolute atomic E-state index is 0.00125. The number of methoxy groups -OCH3 is 1. The van der Waals surface area contributed by atoms with E-state index in [0.717, 1.165) is 24.5 Å². The van der Waals surface area contributed by atoms with Crippen LogP contribution in [0.25, 0.3) is 0 Å². The molecule has 0 saturated carbocycles. The van der Waals surface area contributed by atoms with Crippen molar-refractivity contribution in [3.05, 3.63) is 53.8 Å². The molecule has 0 aliphatic carbocycles. The summed E-state index contributed by atoms with van der Waals surface area (Å²) in [5.74, 6) is -0.0355. The van der Waals surface area contributed by atoms with Crippen LogP contribution in [0.3, 0.4) is 0 Å². The summed E-state index contributed by atoms with van der Waals surface area (Å²) < 4.78 is 53.6. The molecule has 0 saturated heterocycles. The van der Waals surface area contributed by atoms with Crippen LogP contribution in [0.1, 0.15) is 44.7 Å². The molecule has 1 heterocycles. The van der Waals surface area contributed by atoms with Gasteiger partial charge in [-0.3, -0.25) is 0 Å². The molecule has 146 valence electrons. The van der Waals surface area contributed by atoms with Crippen molar-refractivity contribution in [2.75, 3.05) is 7.11 Å². The molecule has 1 unspecified atom stereocenters. The number of fused-ring (bicyclic) bond motifs is 1. The van der Waals surface area contributed by atoms with Gasteiger partial charge < -0.3 is 9.47 Å². The van der Waals surface area contributed by atoms with E-state index in [1.807, 2.05) is 38.1 Å². The number of sulfonamides is 1. The lowest BCUT2D eigenvalue weighted by atomic mass is 9.84. The zero-order valence-electron chi connectivity index (χ0n) is 15.7. The number of halogens is 1. The van der Waals surface area contributed by atoms with Gasteiger partial charge in [0, 0.05) is 12.0 Å². The summed E-state index contributed by atoms with van der Waals surface area (Å²) in [7, 11) is -2.59. The molecule has 5 nitrogen and oxygen atoms in total. The molecular weight excluding hydrogens is 369 g/mol. The SMILES string of the molecule is CCC1(CC)CC(NS(=O)(=O)c2ccc(OC)c(F)c2)c2ccccc2O1. The smallest absolute Gasteiger partial charge is 0.241 e. The van der Waals surface area contributed by atoms with E-state index >= 15 is 0 Å². The molecule has 2 aromatic rings. The predicted octanol–water partition coefficient (Wildman–Crippen LogP) is 4.20. The van der Waals surface area contributed by atoms with Gasteiger partial charge in [-0.1, -0.05) is 32.0 Å². The number of ether oxygens (including phenoxy) is 2. The van der Waals surface area contributed by atoms with E-state index < -0.39 is 27.5 Å². The normalized spacial score (nSPS) is 18.4. The third kappa shape index (κ3) is 3.80. The first-order valence-corrected chi connectivity index (χ1v) is 10.5. The van der Waals surface area contributed by atoms with Gasteiger partial charge in [0.25, 0.3) is 0 Å². The molecule has 27 heavy (non-hydrogen) atoms. The van der Waals surface area contributed by atoms with Gasteiger partial charge in [-0.2, -0.15) is 0 Å². The Morgan fingerprint density at radius 2 is 1.93 bits per heavy atom. The Morgan fingerprint density at radius 3 is 2.56 bits per heavy atom. The number of hydrogen-bond acceptors (Lipinski definition) is 4. The van der Waals surface area contributed by atoms with Crippen LogP contribution in [0.15, 0.2) is 47.4 Å². The minimum atomic E-state index is -3.92. The van der Waals surface area contributed by atoms with Gasteiger partial charge in [0.2, 0.25) is 10.0 Å². The van der Waals surface area contributed by atoms with E-state index in [4.69, 9.17) is 9.47 Å². The van der Waals surface area contributed by atoms with Crippen LogP contribution in [0.2, 0.25) is 0 Å². The topological polar surface area (TPSA) is 64.6 Å². The third-order valence-corrected chi connectivity index (χ3v) is 6.69. The number of nitrogens with one attached hydrogen (secondary N) is 1. The van der Waals surface area contributed by atoms with Crippen molar-refractivity contribution in [2.45, 2.75) is 49.6 Å². The van der Waals surface area contributed by atoms with Crippen molar-refractivity contribution in [2.24, 2.45) is 0 Å². The Morgan fingerprint density at radius 1 is 1.22 bits per heavy atom. The van der Waals surface area contributed by atoms with E-state index in [1.54, 1.807) is 0 Å². The minimum Gasteiger partial charge on any atom is -0.494 e. The van der Waals surface area contributed by atoms with Crippen LogP contribution in [-0.4, -0.2) is 21.1 Å². The lowest BCUT2D eigenvalue weighted by molar-refractivity contribution is 0.0260. The highest BCUT2D eigenvalue weighted by atomic mass is 32.2. The Hall–Kier alpha value is -2.12. The summed E-state index contributed by atoms with van der Waals surface area (Å²) in [5.41, 5.74) is 0.347. The van der Waals surface area contributed by atoms with Gasteiger partial charge in [-0.15, -0.1) is 0 Å². The molecule has 2 aromatic carbocycles. The van der Waals surface area contributed by atoms with Gasteiger partial charge in [-0.05, 0) is 37.1 Å². The molecule has 0 spiro atoms. The Bertz CT molecular complexity index is 925. The summed E-state index contributed by atoms with van der Waals surface area (Å²) in [5, 5.41) is 0. The molecule has 0 bridgehead atoms. The van der Waals surface area contributed by atoms with Crippen LogP contribution >= 0.6 is 0 Å². The van der Waals surface area contributed by atoms with Crippen molar-refractivity contribution in [1.82, 2.24) is 4.72 Å². The maximum Gasteiger partial charge on any atom is 0.241 e. The highest BCUT2D eigenvalue weighted by molar-refractivity contribution is 7.89. The van der Waals surface area contributed by atoms with Crippen LogP contribution < -0.4 is 14.2 Å². The first-order valence-electron chi connectivity index (χ1n) is 8.98. The van der Waals surface area contributed by atoms with Gasteiger partial charge in [0.05, 0.1) is 18.0 Å². The van der Waals surface area contributed by atoms with Gasteiger partial charge in [0.1, 0.15) is 11.4 Å². The maximum absolute atomic E-state index is 14.0. The highest BCUT2D eigenvalue weighted by Crippen LogP contribution is 2.43. The second-order valence-electron chi connectivity index (χ2n) is 6.70. The molecule has 1 aliphatic heterocycles. The molecule has 0 fully saturated rings. The standard InChI is InChI=1S/C20H24FNO4S/c1-4-20(5-2)13-17(15-8-6-7-9-18(15)26-20)22-27(23,24)14-10-11-19(25-3)16(21)12-14/h6-12,17,22H,4-5,13H2,1-3H3. The molecule has 1 atom stereocenters. The highest BCUT2D eigenvalue weighted by Gasteiger charge is 2.40. The Balaban J connectivity index is 1.96. The van der Waals surface area contributed by atoms with Crippen molar-refractivity contribution in [3.63, 3.8) is 0 Å². The maximum atomic E-state index is 14.0. The number of rotatable bonds is 6. The molecule has 1 aliphatic rings. The van der Waals surface area contributed by atoms with Crippen LogP contribution in [0.5, 0.6) is 11.5 Å². The summed E-state index contributed by atoms with van der Waals surface area (Å²) >= 11 is 0. The van der Waals surface area contributed by atoms with E-state index in [0.29, 0.717) is 12.2 Å². The van der Waals surface area contributed by atoms with Gasteiger partial charge >= 0.3 is 0 Å². The average molecular weight is 393 g/mol. The van der Waals surface area contributed by atoms with Crippen molar-refractivity contribution in [3.8, 4) is 11.5 Å². The number of para-hydroxylation sites is 1. The third-order valence-electron chi connectivity index (χ3n) is 5.22. The predicted molar refractivity (Wildman–Crippen MR) is 101 cm³/mol. The second kappa shape index (κ2) is 7.48. The van der Waals surface area contributed by atoms with E-state index in [2.05, 4.69) is 4.72 Å². The largest absolute Gasteiger partial charge is 0.494 e. The lowest BCUT2D eigenvalue weighted by Crippen LogP contribution is -2.44. The Kier molecular flexibility index (Phi) is 5.44. The summed E-state index contributed by atoms with van der Waals surface area (Å²) in [6, 6.07) is 10.6. The quantitative estimate of drug-likeness (QED) is 0.799. The van der Waals surface area contributed by atoms with Crippen LogP contribution in [0.4, 0.5) is 4.39 Å². The summed E-state index contributed by atoms with van der Waals surface area (Å²) in [4.78, 5) is -0.136. The molecule has 3 rings (SSSR count). The molecule has 1 N–H and O–H groups in total. The average Bonchev–Trinajstić information content (AvgIpc) is 2.67. The molecule has 0 amide bonds. The fourth-order valence-electron chi connectivity index (χ4n) is 3.48.